The van der Waals surface area contributed by atoms with E-state index in [2.05, 4.69) is 12.2 Å². The summed E-state index contributed by atoms with van der Waals surface area (Å²) in [6.45, 7) is 3.31. The van der Waals surface area contributed by atoms with Gasteiger partial charge in [-0.05, 0) is 36.2 Å². The molecule has 3 rings (SSSR count). The average Bonchev–Trinajstić information content (AvgIpc) is 3.30. The minimum atomic E-state index is -0.0470. The molecule has 0 radical (unpaired) electrons. The molecule has 1 atom stereocenters. The minimum absolute atomic E-state index is 0.0461. The predicted octanol–water partition coefficient (Wildman–Crippen LogP) is 3.97. The molecule has 2 heterocycles. The lowest BCUT2D eigenvalue weighted by molar-refractivity contribution is -0.128. The minimum Gasteiger partial charge on any atom is -0.467 e. The lowest BCUT2D eigenvalue weighted by Crippen LogP contribution is -2.27. The molecule has 0 saturated carbocycles. The van der Waals surface area contributed by atoms with Gasteiger partial charge in [-0.15, -0.1) is 11.8 Å². The number of benzene rings is 1. The van der Waals surface area contributed by atoms with E-state index in [9.17, 15) is 9.59 Å². The average molecular weight is 372 g/mol. The number of carbonyl (C=O) groups is 2. The van der Waals surface area contributed by atoms with Crippen molar-refractivity contribution in [3.05, 3.63) is 59.5 Å². The molecule has 1 saturated heterocycles. The Morgan fingerprint density at radius 2 is 2.08 bits per heavy atom. The van der Waals surface area contributed by atoms with Crippen LogP contribution in [0.5, 0.6) is 0 Å². The van der Waals surface area contributed by atoms with Crippen LogP contribution in [-0.2, 0) is 11.3 Å². The van der Waals surface area contributed by atoms with Crippen molar-refractivity contribution >= 4 is 23.6 Å². The fourth-order valence-corrected chi connectivity index (χ4v) is 4.14. The Hall–Kier alpha value is -2.21. The number of hydrogen-bond acceptors (Lipinski definition) is 4. The van der Waals surface area contributed by atoms with Crippen molar-refractivity contribution in [2.45, 2.75) is 38.1 Å². The van der Waals surface area contributed by atoms with Gasteiger partial charge in [0.1, 0.15) is 11.1 Å². The number of unbranched alkanes of at least 4 members (excludes halogenated alkanes) is 2. The maximum absolute atomic E-state index is 12.2. The van der Waals surface area contributed by atoms with Crippen molar-refractivity contribution in [3.8, 4) is 0 Å². The lowest BCUT2D eigenvalue weighted by atomic mass is 10.1. The van der Waals surface area contributed by atoms with Crippen molar-refractivity contribution in [2.75, 3.05) is 12.3 Å². The first kappa shape index (κ1) is 18.6. The largest absolute Gasteiger partial charge is 0.467 e. The number of nitrogens with one attached hydrogen (secondary N) is 1. The highest BCUT2D eigenvalue weighted by Gasteiger charge is 2.33. The molecule has 2 aromatic rings. The standard InChI is InChI=1S/C20H24N2O3S/c1-2-3-4-11-21-19(24)15-7-9-16(10-8-15)20-22(18(23)14-26-20)13-17-6-5-12-25-17/h5-10,12,20H,2-4,11,13-14H2,1H3,(H,21,24)/t20-/m1/s1. The van der Waals surface area contributed by atoms with Gasteiger partial charge in [0.25, 0.3) is 5.91 Å². The van der Waals surface area contributed by atoms with E-state index in [1.165, 1.54) is 0 Å². The summed E-state index contributed by atoms with van der Waals surface area (Å²) in [7, 11) is 0. The molecule has 1 aliphatic heterocycles. The maximum Gasteiger partial charge on any atom is 0.251 e. The van der Waals surface area contributed by atoms with Crippen LogP contribution < -0.4 is 5.32 Å². The summed E-state index contributed by atoms with van der Waals surface area (Å²) >= 11 is 1.60. The molecule has 1 N–H and O–H groups in total. The van der Waals surface area contributed by atoms with Crippen LogP contribution >= 0.6 is 11.8 Å². The number of nitrogens with zero attached hydrogens (tertiary/aromatic N) is 1. The molecule has 1 aromatic carbocycles. The number of furan rings is 1. The molecule has 5 nitrogen and oxygen atoms in total. The van der Waals surface area contributed by atoms with Crippen molar-refractivity contribution in [1.82, 2.24) is 10.2 Å². The Morgan fingerprint density at radius 3 is 2.77 bits per heavy atom. The van der Waals surface area contributed by atoms with Crippen LogP contribution in [-0.4, -0.2) is 29.0 Å². The molecule has 26 heavy (non-hydrogen) atoms. The fourth-order valence-electron chi connectivity index (χ4n) is 2.95. The first-order valence-corrected chi connectivity index (χ1v) is 10.1. The van der Waals surface area contributed by atoms with E-state index in [4.69, 9.17) is 4.42 Å². The molecule has 1 aromatic heterocycles. The highest BCUT2D eigenvalue weighted by atomic mass is 32.2. The second-order valence-electron chi connectivity index (χ2n) is 6.35. The van der Waals surface area contributed by atoms with Crippen LogP contribution in [0.3, 0.4) is 0 Å². The third kappa shape index (κ3) is 4.49. The van der Waals surface area contributed by atoms with Crippen LogP contribution in [0.25, 0.3) is 0 Å². The Morgan fingerprint density at radius 1 is 1.27 bits per heavy atom. The summed E-state index contributed by atoms with van der Waals surface area (Å²) < 4.78 is 5.38. The molecule has 138 valence electrons. The molecule has 0 spiro atoms. The normalized spacial score (nSPS) is 16.9. The van der Waals surface area contributed by atoms with Crippen molar-refractivity contribution in [3.63, 3.8) is 0 Å². The maximum atomic E-state index is 12.2. The molecular formula is C20H24N2O3S. The number of rotatable bonds is 8. The molecule has 1 aliphatic rings. The van der Waals surface area contributed by atoms with Gasteiger partial charge in [-0.3, -0.25) is 9.59 Å². The summed E-state index contributed by atoms with van der Waals surface area (Å²) in [5.74, 6) is 1.30. The first-order chi connectivity index (χ1) is 12.7. The SMILES string of the molecule is CCCCCNC(=O)c1ccc([C@H]2SCC(=O)N2Cc2ccco2)cc1. The molecule has 1 fully saturated rings. The predicted molar refractivity (Wildman–Crippen MR) is 103 cm³/mol. The van der Waals surface area contributed by atoms with E-state index < -0.39 is 0 Å². The van der Waals surface area contributed by atoms with Gasteiger partial charge in [0.15, 0.2) is 0 Å². The number of carbonyl (C=O) groups excluding carboxylic acids is 2. The molecule has 2 amide bonds. The van der Waals surface area contributed by atoms with Gasteiger partial charge in [-0.25, -0.2) is 0 Å². The highest BCUT2D eigenvalue weighted by molar-refractivity contribution is 8.00. The second kappa shape index (κ2) is 8.94. The van der Waals surface area contributed by atoms with Crippen molar-refractivity contribution in [2.24, 2.45) is 0 Å². The lowest BCUT2D eigenvalue weighted by Gasteiger charge is -2.23. The quantitative estimate of drug-likeness (QED) is 0.712. The van der Waals surface area contributed by atoms with Crippen LogP contribution in [0.4, 0.5) is 0 Å². The number of hydrogen-bond donors (Lipinski definition) is 1. The van der Waals surface area contributed by atoms with Crippen LogP contribution in [0.15, 0.2) is 47.1 Å². The van der Waals surface area contributed by atoms with E-state index in [1.807, 2.05) is 41.3 Å². The second-order valence-corrected chi connectivity index (χ2v) is 7.42. The smallest absolute Gasteiger partial charge is 0.251 e. The third-order valence-corrected chi connectivity index (χ3v) is 5.65. The summed E-state index contributed by atoms with van der Waals surface area (Å²) in [6.07, 6.45) is 4.88. The fraction of sp³-hybridized carbons (Fsp3) is 0.400. The van der Waals surface area contributed by atoms with Crippen LogP contribution in [0.1, 0.15) is 53.2 Å². The zero-order valence-electron chi connectivity index (χ0n) is 14.9. The zero-order valence-corrected chi connectivity index (χ0v) is 15.8. The van der Waals surface area contributed by atoms with Gasteiger partial charge < -0.3 is 14.6 Å². The monoisotopic (exact) mass is 372 g/mol. The van der Waals surface area contributed by atoms with Gasteiger partial charge in [0, 0.05) is 12.1 Å². The van der Waals surface area contributed by atoms with E-state index in [0.29, 0.717) is 24.4 Å². The Balaban J connectivity index is 1.63. The number of amides is 2. The molecular weight excluding hydrogens is 348 g/mol. The van der Waals surface area contributed by atoms with E-state index in [1.54, 1.807) is 18.0 Å². The Kier molecular flexibility index (Phi) is 6.39. The highest BCUT2D eigenvalue weighted by Crippen LogP contribution is 2.39. The van der Waals surface area contributed by atoms with Crippen LogP contribution in [0, 0.1) is 0 Å². The van der Waals surface area contributed by atoms with E-state index >= 15 is 0 Å². The topological polar surface area (TPSA) is 62.6 Å². The van der Waals surface area contributed by atoms with Crippen LogP contribution in [0.2, 0.25) is 0 Å². The first-order valence-electron chi connectivity index (χ1n) is 9.00. The summed E-state index contributed by atoms with van der Waals surface area (Å²) in [5, 5.41) is 2.90. The van der Waals surface area contributed by atoms with Crippen molar-refractivity contribution < 1.29 is 14.0 Å². The summed E-state index contributed by atoms with van der Waals surface area (Å²) in [5.41, 5.74) is 1.67. The van der Waals surface area contributed by atoms with E-state index in [0.717, 1.165) is 30.6 Å². The van der Waals surface area contributed by atoms with Gasteiger partial charge in [0.05, 0.1) is 18.6 Å². The Labute approximate surface area is 158 Å². The van der Waals surface area contributed by atoms with E-state index in [-0.39, 0.29) is 17.2 Å². The number of thioether (sulfide) groups is 1. The molecule has 6 heteroatoms. The van der Waals surface area contributed by atoms with Crippen molar-refractivity contribution in [1.29, 1.82) is 0 Å². The summed E-state index contributed by atoms with van der Waals surface area (Å²) in [6, 6.07) is 11.2. The summed E-state index contributed by atoms with van der Waals surface area (Å²) in [4.78, 5) is 26.2. The van der Waals surface area contributed by atoms with Gasteiger partial charge in [-0.1, -0.05) is 31.9 Å². The van der Waals surface area contributed by atoms with Gasteiger partial charge >= 0.3 is 0 Å². The molecule has 0 aliphatic carbocycles. The molecule has 0 bridgehead atoms. The Bertz CT molecular complexity index is 728. The third-order valence-electron chi connectivity index (χ3n) is 4.40. The zero-order chi connectivity index (χ0) is 18.4. The van der Waals surface area contributed by atoms with Gasteiger partial charge in [0.2, 0.25) is 5.91 Å². The molecule has 0 unspecified atom stereocenters. The van der Waals surface area contributed by atoms with Gasteiger partial charge in [-0.2, -0.15) is 0 Å².